The van der Waals surface area contributed by atoms with Gasteiger partial charge < -0.3 is 10.2 Å². The molecule has 2 N–H and O–H groups in total. The van der Waals surface area contributed by atoms with Crippen molar-refractivity contribution in [2.75, 3.05) is 13.1 Å². The van der Waals surface area contributed by atoms with Crippen LogP contribution in [0.5, 0.6) is 0 Å². The zero-order chi connectivity index (χ0) is 22.9. The number of rotatable bonds is 4. The van der Waals surface area contributed by atoms with E-state index in [-0.39, 0.29) is 28.6 Å². The van der Waals surface area contributed by atoms with E-state index in [9.17, 15) is 4.79 Å². The van der Waals surface area contributed by atoms with E-state index in [4.69, 9.17) is 28.5 Å². The molecule has 1 aromatic rings. The quantitative estimate of drug-likeness (QED) is 0.425. The summed E-state index contributed by atoms with van der Waals surface area (Å²) in [6.45, 7) is 1.52. The molecule has 2 aliphatic carbocycles. The Morgan fingerprint density at radius 2 is 1.76 bits per heavy atom. The van der Waals surface area contributed by atoms with E-state index in [1.54, 1.807) is 6.07 Å². The number of nitrogens with zero attached hydrogens (tertiary/aromatic N) is 2. The van der Waals surface area contributed by atoms with Crippen LogP contribution in [0.1, 0.15) is 62.3 Å². The maximum atomic E-state index is 13.8. The van der Waals surface area contributed by atoms with Crippen molar-refractivity contribution in [3.63, 3.8) is 0 Å². The molecule has 8 heteroatoms. The molecule has 2 heterocycles. The lowest BCUT2D eigenvalue weighted by Gasteiger charge is -2.30. The molecule has 2 saturated heterocycles. The second-order valence-electron chi connectivity index (χ2n) is 10.1. The molecule has 178 valence electrons. The zero-order valence-electron chi connectivity index (χ0n) is 18.8. The number of carbonyl (C=O) groups excluding carboxylic acids is 1. The first-order valence-electron chi connectivity index (χ1n) is 12.4. The Bertz CT molecular complexity index is 902. The minimum Gasteiger partial charge on any atom is -0.341 e. The van der Waals surface area contributed by atoms with E-state index < -0.39 is 0 Å². The molecule has 2 saturated carbocycles. The number of carbonyl (C=O) groups is 1. The first-order valence-corrected chi connectivity index (χ1v) is 14.1. The third kappa shape index (κ3) is 4.98. The first-order chi connectivity index (χ1) is 16.1. The predicted octanol–water partition coefficient (Wildman–Crippen LogP) is 5.34. The molecule has 4 fully saturated rings. The van der Waals surface area contributed by atoms with Crippen molar-refractivity contribution >= 4 is 40.9 Å². The minimum atomic E-state index is -0.197. The van der Waals surface area contributed by atoms with Crippen LogP contribution in [-0.2, 0) is 4.79 Å². The zero-order valence-corrected chi connectivity index (χ0v) is 21.1. The molecule has 4 aliphatic rings. The summed E-state index contributed by atoms with van der Waals surface area (Å²) in [5.41, 5.74) is 1.01. The Balaban J connectivity index is 1.34. The number of piperidine rings is 1. The molecule has 0 bridgehead atoms. The van der Waals surface area contributed by atoms with Crippen LogP contribution in [0.4, 0.5) is 0 Å². The second-order valence-corrected chi connectivity index (χ2v) is 12.2. The van der Waals surface area contributed by atoms with Gasteiger partial charge in [0.05, 0.1) is 5.37 Å². The Kier molecular flexibility index (Phi) is 7.32. The summed E-state index contributed by atoms with van der Waals surface area (Å²) in [4.78, 5) is 15.8. The predicted molar refractivity (Wildman–Crippen MR) is 134 cm³/mol. The Morgan fingerprint density at radius 1 is 1.09 bits per heavy atom. The lowest BCUT2D eigenvalue weighted by Crippen LogP contribution is -2.50. The third-order valence-corrected chi connectivity index (χ3v) is 10.3. The topological polar surface area (TPSA) is 68.2 Å². The van der Waals surface area contributed by atoms with Gasteiger partial charge in [-0.05, 0) is 36.5 Å². The lowest BCUT2D eigenvalue weighted by molar-refractivity contribution is -0.133. The normalized spacial score (nSPS) is 34.6. The van der Waals surface area contributed by atoms with Gasteiger partial charge in [-0.1, -0.05) is 67.8 Å². The molecule has 1 amide bonds. The molecular weight excluding hydrogens is 475 g/mol. The Morgan fingerprint density at radius 3 is 2.39 bits per heavy atom. The molecule has 5 nitrogen and oxygen atoms in total. The number of amides is 1. The number of hydrogen-bond acceptors (Lipinski definition) is 5. The highest BCUT2D eigenvalue weighted by Gasteiger charge is 2.58. The highest BCUT2D eigenvalue weighted by Crippen LogP contribution is 2.49. The van der Waals surface area contributed by atoms with Gasteiger partial charge >= 0.3 is 0 Å². The minimum absolute atomic E-state index is 0.00788. The van der Waals surface area contributed by atoms with Gasteiger partial charge in [-0.25, -0.2) is 0 Å². The monoisotopic (exact) mass is 506 g/mol. The summed E-state index contributed by atoms with van der Waals surface area (Å²) in [7, 11) is 0. The SMILES string of the molecule is N#CN[C@H]1[C@@H]2CN(C(=O)C3NC(c4ccc(Cl)cc4Cl)SC3C3CCCCCCCC3)C[C@@H]21. The van der Waals surface area contributed by atoms with Gasteiger partial charge in [0, 0.05) is 46.3 Å². The van der Waals surface area contributed by atoms with Crippen molar-refractivity contribution in [1.29, 1.82) is 5.26 Å². The maximum absolute atomic E-state index is 13.8. The molecule has 2 aliphatic heterocycles. The Labute approximate surface area is 210 Å². The fraction of sp³-hybridized carbons (Fsp3) is 0.680. The molecular formula is C25H32Cl2N4OS. The van der Waals surface area contributed by atoms with Gasteiger partial charge in [-0.15, -0.1) is 11.8 Å². The van der Waals surface area contributed by atoms with Crippen molar-refractivity contribution in [2.45, 2.75) is 74.1 Å². The highest BCUT2D eigenvalue weighted by molar-refractivity contribution is 8.00. The summed E-state index contributed by atoms with van der Waals surface area (Å²) >= 11 is 14.6. The van der Waals surface area contributed by atoms with Crippen LogP contribution in [0.2, 0.25) is 10.0 Å². The van der Waals surface area contributed by atoms with Crippen LogP contribution >= 0.6 is 35.0 Å². The number of benzene rings is 1. The van der Waals surface area contributed by atoms with E-state index in [0.717, 1.165) is 18.7 Å². The van der Waals surface area contributed by atoms with E-state index in [1.807, 2.05) is 28.8 Å². The van der Waals surface area contributed by atoms with Gasteiger partial charge in [0.2, 0.25) is 5.91 Å². The number of nitriles is 1. The summed E-state index contributed by atoms with van der Waals surface area (Å²) in [5, 5.41) is 17.0. The smallest absolute Gasteiger partial charge is 0.240 e. The van der Waals surface area contributed by atoms with Crippen molar-refractivity contribution < 1.29 is 4.79 Å². The molecule has 3 unspecified atom stereocenters. The van der Waals surface area contributed by atoms with Crippen molar-refractivity contribution in [3.8, 4) is 6.19 Å². The van der Waals surface area contributed by atoms with Gasteiger partial charge in [0.1, 0.15) is 6.04 Å². The van der Waals surface area contributed by atoms with Crippen LogP contribution in [0.15, 0.2) is 18.2 Å². The molecule has 6 atom stereocenters. The van der Waals surface area contributed by atoms with Gasteiger partial charge in [0.25, 0.3) is 0 Å². The van der Waals surface area contributed by atoms with Crippen molar-refractivity contribution in [1.82, 2.24) is 15.5 Å². The number of thioether (sulfide) groups is 1. The molecule has 5 rings (SSSR count). The van der Waals surface area contributed by atoms with E-state index in [2.05, 4.69) is 16.8 Å². The number of halogens is 2. The third-order valence-electron chi connectivity index (χ3n) is 8.07. The lowest BCUT2D eigenvalue weighted by atomic mass is 9.89. The Hall–Kier alpha value is -1.13. The van der Waals surface area contributed by atoms with Crippen LogP contribution in [-0.4, -0.2) is 41.2 Å². The van der Waals surface area contributed by atoms with Crippen LogP contribution in [0.3, 0.4) is 0 Å². The standard InChI is InChI=1S/C25H32Cl2N4OS/c26-16-9-10-17(20(27)11-16)24-30-22(23(33-24)15-7-5-3-1-2-4-6-8-15)25(32)31-12-18-19(13-31)21(18)29-14-28/h9-11,15,18-19,21-24,29-30H,1-8,12-13H2/t18-,19+,21+,22?,23?,24?. The maximum Gasteiger partial charge on any atom is 0.240 e. The number of nitrogens with one attached hydrogen (secondary N) is 2. The fourth-order valence-corrected chi connectivity index (χ4v) is 8.51. The van der Waals surface area contributed by atoms with Crippen LogP contribution in [0.25, 0.3) is 0 Å². The molecule has 0 spiro atoms. The fourth-order valence-electron chi connectivity index (χ4n) is 6.19. The van der Waals surface area contributed by atoms with E-state index in [0.29, 0.717) is 27.8 Å². The highest BCUT2D eigenvalue weighted by atomic mass is 35.5. The van der Waals surface area contributed by atoms with Crippen LogP contribution in [0, 0.1) is 29.2 Å². The van der Waals surface area contributed by atoms with E-state index >= 15 is 0 Å². The summed E-state index contributed by atoms with van der Waals surface area (Å²) in [5.74, 6) is 1.61. The molecule has 33 heavy (non-hydrogen) atoms. The van der Waals surface area contributed by atoms with Gasteiger partial charge in [-0.2, -0.15) is 5.26 Å². The largest absolute Gasteiger partial charge is 0.341 e. The van der Waals surface area contributed by atoms with Gasteiger partial charge in [-0.3, -0.25) is 10.1 Å². The summed E-state index contributed by atoms with van der Waals surface area (Å²) in [6.07, 6.45) is 12.2. The number of likely N-dealkylation sites (tertiary alicyclic amines) is 1. The number of hydrogen-bond donors (Lipinski definition) is 2. The van der Waals surface area contributed by atoms with Gasteiger partial charge in [0.15, 0.2) is 6.19 Å². The van der Waals surface area contributed by atoms with E-state index in [1.165, 1.54) is 51.4 Å². The molecule has 0 aromatic heterocycles. The van der Waals surface area contributed by atoms with Crippen molar-refractivity contribution in [3.05, 3.63) is 33.8 Å². The average molecular weight is 508 g/mol. The molecule has 1 aromatic carbocycles. The van der Waals surface area contributed by atoms with Crippen LogP contribution < -0.4 is 10.6 Å². The first kappa shape index (κ1) is 23.6. The summed E-state index contributed by atoms with van der Waals surface area (Å²) < 4.78 is 0. The molecule has 0 radical (unpaired) electrons. The average Bonchev–Trinajstić information content (AvgIpc) is 3.18. The number of fused-ring (bicyclic) bond motifs is 1. The van der Waals surface area contributed by atoms with Crippen molar-refractivity contribution in [2.24, 2.45) is 17.8 Å². The summed E-state index contributed by atoms with van der Waals surface area (Å²) in [6, 6.07) is 5.73. The second kappa shape index (κ2) is 10.2.